The first-order valence-electron chi connectivity index (χ1n) is 6.34. The van der Waals surface area contributed by atoms with Crippen molar-refractivity contribution in [1.82, 2.24) is 0 Å². The summed E-state index contributed by atoms with van der Waals surface area (Å²) < 4.78 is 30.7. The van der Waals surface area contributed by atoms with Crippen LogP contribution in [-0.2, 0) is 16.0 Å². The van der Waals surface area contributed by atoms with Crippen molar-refractivity contribution in [3.05, 3.63) is 46.2 Å². The fourth-order valence-electron chi connectivity index (χ4n) is 1.87. The van der Waals surface area contributed by atoms with Crippen LogP contribution in [0.1, 0.15) is 15.2 Å². The lowest BCUT2D eigenvalue weighted by molar-refractivity contribution is -0.115. The van der Waals surface area contributed by atoms with E-state index >= 15 is 0 Å². The minimum atomic E-state index is -2.82. The zero-order valence-electron chi connectivity index (χ0n) is 11.6. The Hall–Kier alpha value is -2.22. The van der Waals surface area contributed by atoms with E-state index in [0.29, 0.717) is 0 Å². The second kappa shape index (κ2) is 7.17. The molecule has 0 bridgehead atoms. The third-order valence-electron chi connectivity index (χ3n) is 2.90. The summed E-state index contributed by atoms with van der Waals surface area (Å²) in [5.41, 5.74) is -0.416. The molecule has 0 aliphatic rings. The van der Waals surface area contributed by atoms with Gasteiger partial charge in [0.1, 0.15) is 0 Å². The molecule has 1 N–H and O–H groups in total. The number of benzene rings is 1. The Labute approximate surface area is 130 Å². The van der Waals surface area contributed by atoms with Gasteiger partial charge in [0, 0.05) is 16.0 Å². The fraction of sp³-hybridized carbons (Fsp3) is 0.143. The van der Waals surface area contributed by atoms with Crippen LogP contribution >= 0.6 is 11.3 Å². The van der Waals surface area contributed by atoms with Gasteiger partial charge in [-0.05, 0) is 29.6 Å². The first-order valence-corrected chi connectivity index (χ1v) is 7.22. The van der Waals surface area contributed by atoms with Crippen molar-refractivity contribution in [2.75, 3.05) is 12.4 Å². The molecule has 0 aliphatic heterocycles. The number of nitrogens with one attached hydrogen (secondary N) is 1. The quantitative estimate of drug-likeness (QED) is 0.679. The van der Waals surface area contributed by atoms with Gasteiger partial charge in [0.15, 0.2) is 0 Å². The highest BCUT2D eigenvalue weighted by atomic mass is 32.1. The number of esters is 1. The number of anilines is 1. The maximum absolute atomic E-state index is 13.1. The molecule has 0 radical (unpaired) electrons. The fourth-order valence-corrected chi connectivity index (χ4v) is 2.57. The standard InChI is InChI=1S/C14H12BF2NO3S/c1-21-14(20)9-4-5-12(11(7-9)15(16)17)18-13(19)8-10-3-2-6-22-10/h2-7H,8H2,1H3,(H,18,19). The Balaban J connectivity index is 2.19. The lowest BCUT2D eigenvalue weighted by Crippen LogP contribution is -2.28. The molecule has 0 fully saturated rings. The molecule has 2 rings (SSSR count). The molecular formula is C14H12BF2NO3S. The van der Waals surface area contributed by atoms with Crippen molar-refractivity contribution in [3.63, 3.8) is 0 Å². The molecule has 1 aromatic carbocycles. The molecule has 4 nitrogen and oxygen atoms in total. The summed E-state index contributed by atoms with van der Waals surface area (Å²) in [5.74, 6) is -1.10. The molecule has 0 saturated carbocycles. The topological polar surface area (TPSA) is 55.4 Å². The minimum Gasteiger partial charge on any atom is -0.465 e. The Morgan fingerprint density at radius 3 is 2.68 bits per heavy atom. The number of hydrogen-bond acceptors (Lipinski definition) is 4. The molecule has 0 aliphatic carbocycles. The predicted octanol–water partition coefficient (Wildman–Crippen LogP) is 2.35. The van der Waals surface area contributed by atoms with Crippen LogP contribution in [0.15, 0.2) is 35.7 Å². The summed E-state index contributed by atoms with van der Waals surface area (Å²) in [6.45, 7) is 0. The highest BCUT2D eigenvalue weighted by molar-refractivity contribution is 7.10. The Kier molecular flexibility index (Phi) is 5.27. The molecule has 0 spiro atoms. The first kappa shape index (κ1) is 16.2. The van der Waals surface area contributed by atoms with Crippen LogP contribution < -0.4 is 10.8 Å². The number of thiophene rings is 1. The van der Waals surface area contributed by atoms with Gasteiger partial charge in [0.05, 0.1) is 19.1 Å². The van der Waals surface area contributed by atoms with E-state index in [-0.39, 0.29) is 17.7 Å². The SMILES string of the molecule is COC(=O)c1ccc(NC(=O)Cc2cccs2)c(B(F)F)c1. The molecule has 1 amide bonds. The lowest BCUT2D eigenvalue weighted by atomic mass is 9.83. The molecule has 8 heteroatoms. The lowest BCUT2D eigenvalue weighted by Gasteiger charge is -2.10. The molecule has 0 unspecified atom stereocenters. The molecule has 0 atom stereocenters. The largest absolute Gasteiger partial charge is 0.574 e. The van der Waals surface area contributed by atoms with Gasteiger partial charge in [0.2, 0.25) is 5.91 Å². The number of carbonyl (C=O) groups is 2. The summed E-state index contributed by atoms with van der Waals surface area (Å²) in [4.78, 5) is 24.1. The summed E-state index contributed by atoms with van der Waals surface area (Å²) in [6, 6.07) is 7.23. The zero-order valence-corrected chi connectivity index (χ0v) is 12.5. The van der Waals surface area contributed by atoms with E-state index in [1.54, 1.807) is 6.07 Å². The first-order chi connectivity index (χ1) is 10.5. The van der Waals surface area contributed by atoms with E-state index in [9.17, 15) is 18.2 Å². The summed E-state index contributed by atoms with van der Waals surface area (Å²) in [7, 11) is -1.65. The van der Waals surface area contributed by atoms with Gasteiger partial charge in [-0.15, -0.1) is 11.3 Å². The van der Waals surface area contributed by atoms with Crippen molar-refractivity contribution in [2.24, 2.45) is 0 Å². The molecule has 1 aromatic heterocycles. The molecule has 2 aromatic rings. The van der Waals surface area contributed by atoms with E-state index in [1.807, 2.05) is 11.4 Å². The third kappa shape index (κ3) is 3.91. The van der Waals surface area contributed by atoms with Crippen molar-refractivity contribution < 1.29 is 23.0 Å². The average Bonchev–Trinajstić information content (AvgIpc) is 2.99. The minimum absolute atomic E-state index is 0.00838. The smallest absolute Gasteiger partial charge is 0.465 e. The van der Waals surface area contributed by atoms with Crippen molar-refractivity contribution in [3.8, 4) is 0 Å². The zero-order chi connectivity index (χ0) is 16.1. The van der Waals surface area contributed by atoms with Crippen LogP contribution in [0, 0.1) is 0 Å². The molecule has 1 heterocycles. The van der Waals surface area contributed by atoms with Gasteiger partial charge in [-0.3, -0.25) is 13.4 Å². The van der Waals surface area contributed by atoms with Gasteiger partial charge in [-0.1, -0.05) is 6.07 Å². The van der Waals surface area contributed by atoms with Gasteiger partial charge < -0.3 is 10.1 Å². The van der Waals surface area contributed by atoms with Crippen LogP contribution in [0.4, 0.5) is 14.3 Å². The third-order valence-corrected chi connectivity index (χ3v) is 3.77. The van der Waals surface area contributed by atoms with Gasteiger partial charge in [-0.2, -0.15) is 0 Å². The van der Waals surface area contributed by atoms with Crippen molar-refractivity contribution >= 4 is 41.6 Å². The van der Waals surface area contributed by atoms with Crippen LogP contribution in [-0.4, -0.2) is 26.3 Å². The van der Waals surface area contributed by atoms with Crippen LogP contribution in [0.25, 0.3) is 0 Å². The van der Waals surface area contributed by atoms with Crippen molar-refractivity contribution in [2.45, 2.75) is 6.42 Å². The van der Waals surface area contributed by atoms with Crippen LogP contribution in [0.2, 0.25) is 0 Å². The van der Waals surface area contributed by atoms with Gasteiger partial charge in [0.25, 0.3) is 0 Å². The van der Waals surface area contributed by atoms with Crippen molar-refractivity contribution in [1.29, 1.82) is 0 Å². The number of halogens is 2. The molecule has 114 valence electrons. The summed E-state index contributed by atoms with van der Waals surface area (Å²) in [6.07, 6.45) is 0.110. The highest BCUT2D eigenvalue weighted by Gasteiger charge is 2.23. The van der Waals surface area contributed by atoms with Gasteiger partial charge in [-0.25, -0.2) is 4.79 Å². The van der Waals surface area contributed by atoms with E-state index in [1.165, 1.54) is 30.6 Å². The summed E-state index contributed by atoms with van der Waals surface area (Å²) in [5, 5.41) is 4.28. The number of carbonyl (C=O) groups excluding carboxylic acids is 2. The number of ether oxygens (including phenoxy) is 1. The molecule has 0 saturated heterocycles. The van der Waals surface area contributed by atoms with E-state index in [2.05, 4.69) is 10.1 Å². The van der Waals surface area contributed by atoms with Crippen LogP contribution in [0.5, 0.6) is 0 Å². The Morgan fingerprint density at radius 2 is 2.09 bits per heavy atom. The normalized spacial score (nSPS) is 10.1. The monoisotopic (exact) mass is 323 g/mol. The number of amides is 1. The average molecular weight is 323 g/mol. The predicted molar refractivity (Wildman–Crippen MR) is 82.0 cm³/mol. The number of methoxy groups -OCH3 is 1. The molecule has 22 heavy (non-hydrogen) atoms. The Morgan fingerprint density at radius 1 is 1.32 bits per heavy atom. The van der Waals surface area contributed by atoms with Crippen LogP contribution in [0.3, 0.4) is 0 Å². The van der Waals surface area contributed by atoms with E-state index in [0.717, 1.165) is 10.9 Å². The van der Waals surface area contributed by atoms with E-state index < -0.39 is 24.6 Å². The number of rotatable bonds is 5. The Bertz CT molecular complexity index is 677. The van der Waals surface area contributed by atoms with Gasteiger partial charge >= 0.3 is 13.2 Å². The second-order valence-electron chi connectivity index (χ2n) is 4.40. The number of hydrogen-bond donors (Lipinski definition) is 1. The highest BCUT2D eigenvalue weighted by Crippen LogP contribution is 2.13. The molecular weight excluding hydrogens is 311 g/mol. The van der Waals surface area contributed by atoms with E-state index in [4.69, 9.17) is 0 Å². The summed E-state index contributed by atoms with van der Waals surface area (Å²) >= 11 is 1.41. The second-order valence-corrected chi connectivity index (χ2v) is 5.43. The maximum atomic E-state index is 13.1. The maximum Gasteiger partial charge on any atom is 0.574 e.